The zero-order valence-corrected chi connectivity index (χ0v) is 13.7. The first kappa shape index (κ1) is 18.1. The average Bonchev–Trinajstić information content (AvgIpc) is 2.44. The molecule has 0 aromatic heterocycles. The van der Waals surface area contributed by atoms with E-state index in [1.54, 1.807) is 12.1 Å². The number of aryl methyl sites for hydroxylation is 1. The highest BCUT2D eigenvalue weighted by Crippen LogP contribution is 2.15. The number of hydrogen-bond donors (Lipinski definition) is 0. The molecule has 0 radical (unpaired) electrons. The minimum atomic E-state index is -3.77. The van der Waals surface area contributed by atoms with Crippen LogP contribution in [0.2, 0.25) is 0 Å². The van der Waals surface area contributed by atoms with Crippen LogP contribution >= 0.6 is 0 Å². The van der Waals surface area contributed by atoms with Crippen molar-refractivity contribution in [3.05, 3.63) is 29.8 Å². The molecule has 120 valence electrons. The quantitative estimate of drug-likeness (QED) is 0.475. The molecule has 0 aliphatic heterocycles. The number of hydrogen-bond acceptors (Lipinski definition) is 3. The highest BCUT2D eigenvalue weighted by atomic mass is 32.2. The maximum Gasteiger partial charge on any atom is 0.296 e. The van der Waals surface area contributed by atoms with Crippen LogP contribution in [0, 0.1) is 6.92 Å². The van der Waals surface area contributed by atoms with Crippen LogP contribution in [0.3, 0.4) is 0 Å². The maximum atomic E-state index is 13.6. The smallest absolute Gasteiger partial charge is 0.266 e. The summed E-state index contributed by atoms with van der Waals surface area (Å²) in [5.74, 6) is 0. The molecule has 1 aromatic carbocycles. The molecule has 0 unspecified atom stereocenters. The summed E-state index contributed by atoms with van der Waals surface area (Å²) in [7, 11) is -3.77. The van der Waals surface area contributed by atoms with Crippen molar-refractivity contribution >= 4 is 10.1 Å². The van der Waals surface area contributed by atoms with Crippen molar-refractivity contribution in [1.29, 1.82) is 0 Å². The van der Waals surface area contributed by atoms with Gasteiger partial charge in [0.1, 0.15) is 6.17 Å². The second-order valence-corrected chi connectivity index (χ2v) is 6.94. The Morgan fingerprint density at radius 2 is 1.76 bits per heavy atom. The van der Waals surface area contributed by atoms with Crippen LogP contribution in [0.5, 0.6) is 0 Å². The molecule has 1 atom stereocenters. The summed E-state index contributed by atoms with van der Waals surface area (Å²) in [6.07, 6.45) is 3.72. The molecule has 0 saturated heterocycles. The Kier molecular flexibility index (Phi) is 7.89. The summed E-state index contributed by atoms with van der Waals surface area (Å²) in [6, 6.07) is 6.43. The molecule has 21 heavy (non-hydrogen) atoms. The lowest BCUT2D eigenvalue weighted by atomic mass is 10.1. The Hall–Kier alpha value is -0.940. The lowest BCUT2D eigenvalue weighted by Gasteiger charge is -2.09. The van der Waals surface area contributed by atoms with Crippen LogP contribution in [-0.4, -0.2) is 21.2 Å². The molecule has 0 heterocycles. The number of halogens is 1. The highest BCUT2D eigenvalue weighted by Gasteiger charge is 2.16. The Morgan fingerprint density at radius 3 is 2.38 bits per heavy atom. The maximum absolute atomic E-state index is 13.6. The van der Waals surface area contributed by atoms with Gasteiger partial charge in [0.25, 0.3) is 10.1 Å². The van der Waals surface area contributed by atoms with Crippen molar-refractivity contribution < 1.29 is 17.0 Å². The van der Waals surface area contributed by atoms with Crippen LogP contribution in [0.25, 0.3) is 0 Å². The normalized spacial score (nSPS) is 13.3. The molecule has 0 saturated carbocycles. The Labute approximate surface area is 127 Å². The molecule has 0 fully saturated rings. The molecule has 0 spiro atoms. The van der Waals surface area contributed by atoms with Crippen molar-refractivity contribution in [1.82, 2.24) is 0 Å². The van der Waals surface area contributed by atoms with Crippen LogP contribution in [-0.2, 0) is 14.3 Å². The number of unbranched alkanes of at least 4 members (excludes halogenated alkanes) is 3. The lowest BCUT2D eigenvalue weighted by molar-refractivity contribution is 0.226. The third-order valence-corrected chi connectivity index (χ3v) is 4.68. The fraction of sp³-hybridized carbons (Fsp3) is 0.625. The number of rotatable bonds is 10. The first-order valence-corrected chi connectivity index (χ1v) is 8.96. The summed E-state index contributed by atoms with van der Waals surface area (Å²) in [5.41, 5.74) is 0.977. The van der Waals surface area contributed by atoms with E-state index in [4.69, 9.17) is 4.18 Å². The zero-order chi connectivity index (χ0) is 15.7. The predicted molar refractivity (Wildman–Crippen MR) is 82.6 cm³/mol. The van der Waals surface area contributed by atoms with E-state index in [1.807, 2.05) is 6.92 Å². The minimum Gasteiger partial charge on any atom is -0.266 e. The summed E-state index contributed by atoms with van der Waals surface area (Å²) >= 11 is 0. The van der Waals surface area contributed by atoms with Gasteiger partial charge in [-0.3, -0.25) is 4.18 Å². The molecule has 3 nitrogen and oxygen atoms in total. The van der Waals surface area contributed by atoms with Crippen molar-refractivity contribution in [3.8, 4) is 0 Å². The number of alkyl halides is 1. The van der Waals surface area contributed by atoms with Gasteiger partial charge in [-0.2, -0.15) is 8.42 Å². The van der Waals surface area contributed by atoms with E-state index in [0.717, 1.165) is 31.2 Å². The van der Waals surface area contributed by atoms with E-state index in [0.29, 0.717) is 6.42 Å². The van der Waals surface area contributed by atoms with E-state index in [-0.39, 0.29) is 17.9 Å². The van der Waals surface area contributed by atoms with Gasteiger partial charge in [0.2, 0.25) is 0 Å². The van der Waals surface area contributed by atoms with Gasteiger partial charge in [0.15, 0.2) is 0 Å². The van der Waals surface area contributed by atoms with Gasteiger partial charge in [-0.1, -0.05) is 50.3 Å². The molecular weight excluding hydrogens is 291 g/mol. The Morgan fingerprint density at radius 1 is 1.10 bits per heavy atom. The zero-order valence-electron chi connectivity index (χ0n) is 12.8. The van der Waals surface area contributed by atoms with Gasteiger partial charge in [0, 0.05) is 6.42 Å². The van der Waals surface area contributed by atoms with E-state index >= 15 is 0 Å². The van der Waals surface area contributed by atoms with Crippen LogP contribution < -0.4 is 0 Å². The largest absolute Gasteiger partial charge is 0.296 e. The minimum absolute atomic E-state index is 0.106. The van der Waals surface area contributed by atoms with Gasteiger partial charge >= 0.3 is 0 Å². The summed E-state index contributed by atoms with van der Waals surface area (Å²) in [4.78, 5) is 0.117. The van der Waals surface area contributed by atoms with Gasteiger partial charge in [-0.05, 0) is 25.5 Å². The molecule has 0 aliphatic carbocycles. The SMILES string of the molecule is CCCCCC[C@H](F)CCOS(=O)(=O)c1ccc(C)cc1. The molecular formula is C16H25FO3S. The van der Waals surface area contributed by atoms with Gasteiger partial charge in [0.05, 0.1) is 11.5 Å². The topological polar surface area (TPSA) is 43.4 Å². The average molecular weight is 316 g/mol. The van der Waals surface area contributed by atoms with E-state index in [2.05, 4.69) is 6.92 Å². The second kappa shape index (κ2) is 9.15. The fourth-order valence-electron chi connectivity index (χ4n) is 2.00. The van der Waals surface area contributed by atoms with Gasteiger partial charge in [-0.25, -0.2) is 4.39 Å². The molecule has 0 bridgehead atoms. The standard InChI is InChI=1S/C16H25FO3S/c1-3-4-5-6-7-15(17)12-13-20-21(18,19)16-10-8-14(2)9-11-16/h8-11,15H,3-7,12-13H2,1-2H3/t15-/m0/s1. The van der Waals surface area contributed by atoms with E-state index < -0.39 is 16.3 Å². The highest BCUT2D eigenvalue weighted by molar-refractivity contribution is 7.86. The van der Waals surface area contributed by atoms with Crippen LogP contribution in [0.4, 0.5) is 4.39 Å². The summed E-state index contributed by atoms with van der Waals surface area (Å²) < 4.78 is 42.2. The Bertz CT molecular complexity index is 497. The molecule has 1 aromatic rings. The monoisotopic (exact) mass is 316 g/mol. The van der Waals surface area contributed by atoms with E-state index in [1.165, 1.54) is 12.1 Å². The van der Waals surface area contributed by atoms with Crippen molar-refractivity contribution in [2.45, 2.75) is 63.4 Å². The van der Waals surface area contributed by atoms with Gasteiger partial charge in [-0.15, -0.1) is 0 Å². The molecule has 5 heteroatoms. The summed E-state index contributed by atoms with van der Waals surface area (Å²) in [5, 5.41) is 0. The van der Waals surface area contributed by atoms with Crippen LogP contribution in [0.15, 0.2) is 29.2 Å². The number of benzene rings is 1. The van der Waals surface area contributed by atoms with Crippen LogP contribution in [0.1, 0.15) is 51.0 Å². The molecule has 1 rings (SSSR count). The van der Waals surface area contributed by atoms with Crippen molar-refractivity contribution in [3.63, 3.8) is 0 Å². The lowest BCUT2D eigenvalue weighted by Crippen LogP contribution is -2.11. The van der Waals surface area contributed by atoms with Crippen molar-refractivity contribution in [2.24, 2.45) is 0 Å². The predicted octanol–water partition coefficient (Wildman–Crippen LogP) is 4.40. The Balaban J connectivity index is 2.32. The third kappa shape index (κ3) is 7.05. The molecule has 0 amide bonds. The molecule has 0 aliphatic rings. The van der Waals surface area contributed by atoms with E-state index in [9.17, 15) is 12.8 Å². The van der Waals surface area contributed by atoms with Crippen molar-refractivity contribution in [2.75, 3.05) is 6.61 Å². The van der Waals surface area contributed by atoms with Gasteiger partial charge < -0.3 is 0 Å². The first-order valence-electron chi connectivity index (χ1n) is 7.56. The third-order valence-electron chi connectivity index (χ3n) is 3.35. The molecule has 0 N–H and O–H groups in total. The second-order valence-electron chi connectivity index (χ2n) is 5.32. The summed E-state index contributed by atoms with van der Waals surface area (Å²) in [6.45, 7) is 3.88. The first-order chi connectivity index (χ1) is 9.95. The fourth-order valence-corrected chi connectivity index (χ4v) is 2.92.